The lowest BCUT2D eigenvalue weighted by Crippen LogP contribution is -2.59. The molecule has 0 unspecified atom stereocenters. The van der Waals surface area contributed by atoms with E-state index in [1.165, 1.54) is 37.7 Å². The third kappa shape index (κ3) is 12.1. The van der Waals surface area contributed by atoms with E-state index in [0.29, 0.717) is 45.3 Å². The predicted molar refractivity (Wildman–Crippen MR) is 295 cm³/mol. The fraction of sp³-hybridized carbons (Fsp3) is 0.474. The molecule has 18 heteroatoms. The number of azide groups is 1. The highest BCUT2D eigenvalue weighted by Gasteiger charge is 2.59. The lowest BCUT2D eigenvalue weighted by molar-refractivity contribution is -0.0989. The van der Waals surface area contributed by atoms with E-state index in [-0.39, 0.29) is 41.2 Å². The molecule has 75 heavy (non-hydrogen) atoms. The van der Waals surface area contributed by atoms with Crippen molar-refractivity contribution in [2.45, 2.75) is 137 Å². The lowest BCUT2D eigenvalue weighted by atomic mass is 9.50. The molecular weight excluding hydrogens is 990 g/mol. The van der Waals surface area contributed by atoms with Crippen molar-refractivity contribution in [1.29, 1.82) is 0 Å². The summed E-state index contributed by atoms with van der Waals surface area (Å²) in [6.07, 6.45) is 19.1. The van der Waals surface area contributed by atoms with Gasteiger partial charge in [-0.05, 0) is 152 Å². The van der Waals surface area contributed by atoms with Crippen molar-refractivity contribution in [2.24, 2.45) is 27.8 Å². The highest BCUT2D eigenvalue weighted by molar-refractivity contribution is 6.35. The zero-order valence-electron chi connectivity index (χ0n) is 43.2. The molecule has 6 saturated carbocycles. The van der Waals surface area contributed by atoms with E-state index < -0.39 is 11.9 Å². The Bertz CT molecular complexity index is 3300. The molecule has 2 atom stereocenters. The van der Waals surface area contributed by atoms with Crippen LogP contribution in [0.3, 0.4) is 0 Å². The van der Waals surface area contributed by atoms with Gasteiger partial charge in [-0.3, -0.25) is 0 Å². The van der Waals surface area contributed by atoms with Crippen molar-refractivity contribution in [2.75, 3.05) is 23.7 Å². The lowest BCUT2D eigenvalue weighted by Gasteiger charge is -2.61. The van der Waals surface area contributed by atoms with E-state index >= 15 is 0 Å². The number of anilines is 2. The van der Waals surface area contributed by atoms with Gasteiger partial charge in [-0.2, -0.15) is 8.78 Å². The van der Waals surface area contributed by atoms with E-state index in [0.717, 1.165) is 94.5 Å². The van der Waals surface area contributed by atoms with Crippen molar-refractivity contribution in [3.63, 3.8) is 0 Å². The number of terminal acetylenes is 1. The zero-order chi connectivity index (χ0) is 52.7. The van der Waals surface area contributed by atoms with Crippen LogP contribution in [0.2, 0.25) is 10.0 Å². The van der Waals surface area contributed by atoms with Gasteiger partial charge in [-0.1, -0.05) is 101 Å². The van der Waals surface area contributed by atoms with E-state index in [4.69, 9.17) is 35.2 Å². The van der Waals surface area contributed by atoms with E-state index in [2.05, 4.69) is 125 Å². The quantitative estimate of drug-likeness (QED) is 0.0371. The van der Waals surface area contributed by atoms with Gasteiger partial charge in [0.2, 0.25) is 11.9 Å². The molecule has 392 valence electrons. The summed E-state index contributed by atoms with van der Waals surface area (Å²) >= 11 is 13.3. The minimum absolute atomic E-state index is 0. The van der Waals surface area contributed by atoms with Gasteiger partial charge in [0.25, 0.3) is 0 Å². The smallest absolute Gasteiger partial charge is 0.213 e. The van der Waals surface area contributed by atoms with Gasteiger partial charge in [0, 0.05) is 57.8 Å². The number of aryl methyl sites for hydroxylation is 2. The van der Waals surface area contributed by atoms with Crippen LogP contribution in [0.15, 0.2) is 72.5 Å². The number of halogens is 4. The van der Waals surface area contributed by atoms with Crippen LogP contribution in [-0.2, 0) is 18.4 Å². The molecule has 6 aliphatic rings. The van der Waals surface area contributed by atoms with Gasteiger partial charge in [0.1, 0.15) is 24.3 Å². The minimum atomic E-state index is -0.512. The normalized spacial score (nSPS) is 20.6. The average Bonchev–Trinajstić information content (AvgIpc) is 3.75. The van der Waals surface area contributed by atoms with Crippen LogP contribution in [0.5, 0.6) is 0 Å². The first kappa shape index (κ1) is 54.7. The summed E-state index contributed by atoms with van der Waals surface area (Å²) in [6, 6.07) is 14.2. The standard InChI is InChI=1S/C28H31ClFN7.C23H24ClFN4.C5H7N3.CH4/c1-16-19(5-6-24(30)34-16)20(23-13-37(36-35-23)28-10-18(11-28)12-28)7-17-8-21-25(22(29)9-17)32-15-33-26(21)31-14-27(2,3)4;1-6-16(17-7-8-20(25)29-14(17)2)9-15-10-18-21(19(24)11-15)27-13-28-22(18)26-12-23(3,4)5;6-8-7-5-1-4(2-5)3-5;/h5-6,8-9,13,15,18,20H,7,10-12,14H2,1-4H3,(H,31,32,33);1,7-8,10-11,13,16H,9,12H2,2-5H3,(H,26,27,28);4H,1-3H2;1H4/t18?,20-,28?;16-;;/m00../s1. The summed E-state index contributed by atoms with van der Waals surface area (Å²) in [5, 5.41) is 22.5. The second-order valence-electron chi connectivity index (χ2n) is 23.2. The Morgan fingerprint density at radius 3 is 1.67 bits per heavy atom. The molecule has 0 spiro atoms. The summed E-state index contributed by atoms with van der Waals surface area (Å²) in [5.41, 5.74) is 15.7. The molecule has 4 bridgehead atoms. The first-order chi connectivity index (χ1) is 35.1. The summed E-state index contributed by atoms with van der Waals surface area (Å²) in [5.74, 6) is 4.66. The topological polar surface area (TPSA) is 181 Å². The summed E-state index contributed by atoms with van der Waals surface area (Å²) in [6.45, 7) is 18.1. The van der Waals surface area contributed by atoms with Gasteiger partial charge < -0.3 is 10.6 Å². The molecule has 5 aromatic heterocycles. The Labute approximate surface area is 448 Å². The van der Waals surface area contributed by atoms with E-state index in [1.807, 2.05) is 31.2 Å². The summed E-state index contributed by atoms with van der Waals surface area (Å²) in [7, 11) is 0. The maximum Gasteiger partial charge on any atom is 0.213 e. The number of fused-ring (bicyclic) bond motifs is 2. The minimum Gasteiger partial charge on any atom is -0.369 e. The molecule has 2 aromatic carbocycles. The van der Waals surface area contributed by atoms with Crippen molar-refractivity contribution < 1.29 is 8.78 Å². The number of benzene rings is 2. The van der Waals surface area contributed by atoms with E-state index in [1.54, 1.807) is 19.3 Å². The molecule has 14 nitrogen and oxygen atoms in total. The molecule has 7 aromatic rings. The molecule has 6 fully saturated rings. The number of pyridine rings is 2. The molecule has 0 radical (unpaired) electrons. The zero-order valence-corrected chi connectivity index (χ0v) is 44.7. The molecule has 6 aliphatic carbocycles. The molecular formula is C57H66Cl2F2N14. The van der Waals surface area contributed by atoms with Crippen LogP contribution in [0.4, 0.5) is 20.4 Å². The molecule has 0 aliphatic heterocycles. The summed E-state index contributed by atoms with van der Waals surface area (Å²) in [4.78, 5) is 28.5. The van der Waals surface area contributed by atoms with Crippen molar-refractivity contribution >= 4 is 56.6 Å². The molecule has 13 rings (SSSR count). The third-order valence-corrected chi connectivity index (χ3v) is 15.3. The van der Waals surface area contributed by atoms with Crippen LogP contribution in [0, 0.1) is 60.8 Å². The monoisotopic (exact) mass is 1050 g/mol. The maximum atomic E-state index is 13.9. The fourth-order valence-electron chi connectivity index (χ4n) is 10.5. The molecule has 2 N–H and O–H groups in total. The largest absolute Gasteiger partial charge is 0.369 e. The number of nitrogens with zero attached hydrogens (tertiary/aromatic N) is 12. The van der Waals surface area contributed by atoms with Crippen molar-refractivity contribution in [1.82, 2.24) is 44.9 Å². The molecule has 5 heterocycles. The van der Waals surface area contributed by atoms with Gasteiger partial charge >= 0.3 is 0 Å². The third-order valence-electron chi connectivity index (χ3n) is 14.7. The Morgan fingerprint density at radius 1 is 0.760 bits per heavy atom. The van der Waals surface area contributed by atoms with Crippen molar-refractivity contribution in [3.8, 4) is 12.3 Å². The molecule has 0 saturated heterocycles. The van der Waals surface area contributed by atoms with E-state index in [9.17, 15) is 8.78 Å². The van der Waals surface area contributed by atoms with Crippen molar-refractivity contribution in [3.05, 3.63) is 139 Å². The average molecular weight is 1060 g/mol. The van der Waals surface area contributed by atoms with Gasteiger partial charge in [0.15, 0.2) is 0 Å². The van der Waals surface area contributed by atoms with Crippen LogP contribution in [0.25, 0.3) is 32.2 Å². The highest BCUT2D eigenvalue weighted by atomic mass is 35.5. The van der Waals surface area contributed by atoms with Gasteiger partial charge in [0.05, 0.1) is 38.2 Å². The Morgan fingerprint density at radius 2 is 1.25 bits per heavy atom. The van der Waals surface area contributed by atoms with Crippen LogP contribution >= 0.6 is 23.2 Å². The van der Waals surface area contributed by atoms with Crippen LogP contribution in [0.1, 0.15) is 139 Å². The summed E-state index contributed by atoms with van der Waals surface area (Å²) < 4.78 is 29.3. The van der Waals surface area contributed by atoms with Crippen LogP contribution < -0.4 is 10.6 Å². The first-order valence-electron chi connectivity index (χ1n) is 25.2. The second-order valence-corrected chi connectivity index (χ2v) is 24.0. The fourth-order valence-corrected chi connectivity index (χ4v) is 11.1. The highest BCUT2D eigenvalue weighted by Crippen LogP contribution is 2.62. The predicted octanol–water partition coefficient (Wildman–Crippen LogP) is 14.1. The number of hydrogen-bond donors (Lipinski definition) is 2. The number of aromatic nitrogens is 9. The first-order valence-corrected chi connectivity index (χ1v) is 25.9. The Balaban J connectivity index is 0.000000174. The van der Waals surface area contributed by atoms with Crippen LogP contribution in [-0.4, -0.2) is 63.5 Å². The Hall–Kier alpha value is -6.53. The number of nitrogens with one attached hydrogen (secondary N) is 2. The second kappa shape index (κ2) is 21.6. The number of hydrogen-bond acceptors (Lipinski definition) is 11. The maximum absolute atomic E-state index is 13.9. The molecule has 0 amide bonds. The number of rotatable bonds is 13. The Kier molecular flexibility index (Phi) is 15.8. The van der Waals surface area contributed by atoms with Gasteiger partial charge in [-0.15, -0.1) is 11.5 Å². The van der Waals surface area contributed by atoms with Gasteiger partial charge in [-0.25, -0.2) is 34.6 Å². The SMILES string of the molecule is C.C#C[C@@H](Cc1cc(Cl)c2ncnc(NCC(C)(C)C)c2c1)c1ccc(F)nc1C.Cc1nc(F)ccc1[C@H](Cc1cc(Cl)c2ncnc(NCC(C)(C)C)c2c1)c1cn(C23CC(C2)C3)nn1.[N-]=[N+]=NC12CC(C1)C2.